The molecule has 0 radical (unpaired) electrons. The van der Waals surface area contributed by atoms with E-state index in [4.69, 9.17) is 0 Å². The van der Waals surface area contributed by atoms with Crippen LogP contribution in [-0.4, -0.2) is 44.0 Å². The van der Waals surface area contributed by atoms with Gasteiger partial charge in [0.15, 0.2) is 5.96 Å². The number of hydrogen-bond acceptors (Lipinski definition) is 3. The summed E-state index contributed by atoms with van der Waals surface area (Å²) in [5, 5.41) is 11.0. The molecule has 1 amide bonds. The Balaban J connectivity index is 1.94. The predicted molar refractivity (Wildman–Crippen MR) is 110 cm³/mol. The first-order valence-corrected chi connectivity index (χ1v) is 9.80. The summed E-state index contributed by atoms with van der Waals surface area (Å²) in [4.78, 5) is 18.2. The SMILES string of the molecule is CCNC(=NCc1ccc(C(=O)N(C)C)cc1)NCC(C)c1ccsc1. The first-order valence-electron chi connectivity index (χ1n) is 8.86. The number of thiophene rings is 1. The minimum absolute atomic E-state index is 0.0116. The van der Waals surface area contributed by atoms with Crippen molar-refractivity contribution in [1.29, 1.82) is 0 Å². The molecule has 2 aromatic rings. The van der Waals surface area contributed by atoms with Crippen LogP contribution in [0.3, 0.4) is 0 Å². The van der Waals surface area contributed by atoms with Crippen molar-refractivity contribution >= 4 is 23.2 Å². The van der Waals surface area contributed by atoms with E-state index in [0.717, 1.165) is 24.6 Å². The highest BCUT2D eigenvalue weighted by Gasteiger charge is 2.08. The maximum absolute atomic E-state index is 11.9. The Morgan fingerprint density at radius 3 is 2.50 bits per heavy atom. The highest BCUT2D eigenvalue weighted by molar-refractivity contribution is 7.07. The van der Waals surface area contributed by atoms with Crippen molar-refractivity contribution in [3.05, 3.63) is 57.8 Å². The number of carbonyl (C=O) groups is 1. The van der Waals surface area contributed by atoms with E-state index in [9.17, 15) is 4.79 Å². The van der Waals surface area contributed by atoms with Crippen LogP contribution in [0, 0.1) is 0 Å². The standard InChI is InChI=1S/C20H28N4OS/c1-5-21-20(22-12-15(2)18-10-11-26-14-18)23-13-16-6-8-17(9-7-16)19(25)24(3)4/h6-11,14-15H,5,12-13H2,1-4H3,(H2,21,22,23). The molecule has 6 heteroatoms. The number of benzene rings is 1. The highest BCUT2D eigenvalue weighted by atomic mass is 32.1. The number of hydrogen-bond donors (Lipinski definition) is 2. The van der Waals surface area contributed by atoms with Gasteiger partial charge in [0.1, 0.15) is 0 Å². The molecule has 0 saturated heterocycles. The van der Waals surface area contributed by atoms with Crippen molar-refractivity contribution in [2.75, 3.05) is 27.2 Å². The van der Waals surface area contributed by atoms with Gasteiger partial charge in [-0.2, -0.15) is 11.3 Å². The summed E-state index contributed by atoms with van der Waals surface area (Å²) in [5.74, 6) is 1.25. The number of amides is 1. The van der Waals surface area contributed by atoms with Crippen LogP contribution in [0.1, 0.15) is 41.3 Å². The van der Waals surface area contributed by atoms with Crippen LogP contribution < -0.4 is 10.6 Å². The minimum atomic E-state index is 0.0116. The number of nitrogens with one attached hydrogen (secondary N) is 2. The molecule has 0 fully saturated rings. The van der Waals surface area contributed by atoms with Crippen molar-refractivity contribution < 1.29 is 4.79 Å². The second-order valence-corrected chi connectivity index (χ2v) is 7.21. The molecule has 1 unspecified atom stereocenters. The Morgan fingerprint density at radius 1 is 1.19 bits per heavy atom. The van der Waals surface area contributed by atoms with Gasteiger partial charge in [0.2, 0.25) is 0 Å². The van der Waals surface area contributed by atoms with Gasteiger partial charge in [-0.05, 0) is 52.9 Å². The molecule has 1 aromatic heterocycles. The Morgan fingerprint density at radius 2 is 1.92 bits per heavy atom. The summed E-state index contributed by atoms with van der Waals surface area (Å²) in [7, 11) is 3.51. The number of carbonyl (C=O) groups excluding carboxylic acids is 1. The molecule has 0 aliphatic carbocycles. The average molecular weight is 373 g/mol. The third kappa shape index (κ3) is 5.88. The lowest BCUT2D eigenvalue weighted by Gasteiger charge is -2.15. The summed E-state index contributed by atoms with van der Waals surface area (Å²) >= 11 is 1.72. The summed E-state index contributed by atoms with van der Waals surface area (Å²) in [5.41, 5.74) is 3.11. The molecule has 2 rings (SSSR count). The molecule has 0 spiro atoms. The van der Waals surface area contributed by atoms with Crippen LogP contribution in [-0.2, 0) is 6.54 Å². The van der Waals surface area contributed by atoms with Gasteiger partial charge in [-0.25, -0.2) is 4.99 Å². The zero-order chi connectivity index (χ0) is 18.9. The summed E-state index contributed by atoms with van der Waals surface area (Å²) in [6.07, 6.45) is 0. The zero-order valence-electron chi connectivity index (χ0n) is 16.0. The van der Waals surface area contributed by atoms with Gasteiger partial charge in [-0.15, -0.1) is 0 Å². The Labute approximate surface area is 160 Å². The van der Waals surface area contributed by atoms with E-state index in [2.05, 4.69) is 46.3 Å². The summed E-state index contributed by atoms with van der Waals surface area (Å²) < 4.78 is 0. The molecule has 2 N–H and O–H groups in total. The molecule has 0 aliphatic rings. The fourth-order valence-electron chi connectivity index (χ4n) is 2.45. The van der Waals surface area contributed by atoms with Crippen LogP contribution in [0.15, 0.2) is 46.1 Å². The third-order valence-corrected chi connectivity index (χ3v) is 4.76. The van der Waals surface area contributed by atoms with Crippen molar-refractivity contribution in [1.82, 2.24) is 15.5 Å². The van der Waals surface area contributed by atoms with Crippen molar-refractivity contribution in [2.45, 2.75) is 26.3 Å². The second-order valence-electron chi connectivity index (χ2n) is 6.43. The van der Waals surface area contributed by atoms with Gasteiger partial charge in [0.25, 0.3) is 5.91 Å². The lowest BCUT2D eigenvalue weighted by atomic mass is 10.1. The molecular weight excluding hydrogens is 344 g/mol. The van der Waals surface area contributed by atoms with Crippen molar-refractivity contribution in [2.24, 2.45) is 4.99 Å². The third-order valence-electron chi connectivity index (χ3n) is 4.06. The average Bonchev–Trinajstić information content (AvgIpc) is 3.18. The first-order chi connectivity index (χ1) is 12.5. The Kier molecular flexibility index (Phi) is 7.66. The van der Waals surface area contributed by atoms with Crippen LogP contribution in [0.2, 0.25) is 0 Å². The molecule has 0 saturated carbocycles. The summed E-state index contributed by atoms with van der Waals surface area (Å²) in [6, 6.07) is 9.78. The Bertz CT molecular complexity index is 708. The molecule has 5 nitrogen and oxygen atoms in total. The zero-order valence-corrected chi connectivity index (χ0v) is 16.8. The van der Waals surface area contributed by atoms with Gasteiger partial charge in [0.05, 0.1) is 6.54 Å². The molecular formula is C20H28N4OS. The van der Waals surface area contributed by atoms with E-state index < -0.39 is 0 Å². The lowest BCUT2D eigenvalue weighted by Crippen LogP contribution is -2.39. The van der Waals surface area contributed by atoms with Gasteiger partial charge in [0, 0.05) is 32.7 Å². The molecule has 1 heterocycles. The number of nitrogens with zero attached hydrogens (tertiary/aromatic N) is 2. The van der Waals surface area contributed by atoms with Crippen LogP contribution in [0.5, 0.6) is 0 Å². The van der Waals surface area contributed by atoms with Gasteiger partial charge in [-0.3, -0.25) is 4.79 Å². The monoisotopic (exact) mass is 372 g/mol. The van der Waals surface area contributed by atoms with E-state index in [0.29, 0.717) is 18.0 Å². The maximum Gasteiger partial charge on any atom is 0.253 e. The molecule has 1 aromatic carbocycles. The van der Waals surface area contributed by atoms with E-state index in [1.165, 1.54) is 5.56 Å². The minimum Gasteiger partial charge on any atom is -0.357 e. The van der Waals surface area contributed by atoms with Crippen LogP contribution >= 0.6 is 11.3 Å². The highest BCUT2D eigenvalue weighted by Crippen LogP contribution is 2.17. The molecule has 1 atom stereocenters. The fourth-order valence-corrected chi connectivity index (χ4v) is 3.23. The summed E-state index contributed by atoms with van der Waals surface area (Å²) in [6.45, 7) is 6.48. The largest absolute Gasteiger partial charge is 0.357 e. The van der Waals surface area contributed by atoms with Gasteiger partial charge in [-0.1, -0.05) is 19.1 Å². The molecule has 0 aliphatic heterocycles. The smallest absolute Gasteiger partial charge is 0.253 e. The van der Waals surface area contributed by atoms with Crippen molar-refractivity contribution in [3.63, 3.8) is 0 Å². The fraction of sp³-hybridized carbons (Fsp3) is 0.400. The molecule has 0 bridgehead atoms. The molecule has 26 heavy (non-hydrogen) atoms. The maximum atomic E-state index is 11.9. The van der Waals surface area contributed by atoms with E-state index >= 15 is 0 Å². The van der Waals surface area contributed by atoms with Crippen molar-refractivity contribution in [3.8, 4) is 0 Å². The topological polar surface area (TPSA) is 56.7 Å². The normalized spacial score (nSPS) is 12.5. The van der Waals surface area contributed by atoms with E-state index in [-0.39, 0.29) is 5.91 Å². The van der Waals surface area contributed by atoms with E-state index in [1.54, 1.807) is 30.3 Å². The van der Waals surface area contributed by atoms with Crippen LogP contribution in [0.25, 0.3) is 0 Å². The quantitative estimate of drug-likeness (QED) is 0.579. The number of rotatable bonds is 7. The van der Waals surface area contributed by atoms with E-state index in [1.807, 2.05) is 24.3 Å². The second kappa shape index (κ2) is 9.97. The number of guanidine groups is 1. The number of aliphatic imine (C=N–C) groups is 1. The predicted octanol–water partition coefficient (Wildman–Crippen LogP) is 3.31. The van der Waals surface area contributed by atoms with Crippen LogP contribution in [0.4, 0.5) is 0 Å². The first kappa shape index (κ1) is 20.0. The Hall–Kier alpha value is -2.34. The molecule has 140 valence electrons. The van der Waals surface area contributed by atoms with Gasteiger partial charge >= 0.3 is 0 Å². The lowest BCUT2D eigenvalue weighted by molar-refractivity contribution is 0.0827. The van der Waals surface area contributed by atoms with Gasteiger partial charge < -0.3 is 15.5 Å².